The fraction of sp³-hybridized carbons (Fsp3) is 0.0769. The summed E-state index contributed by atoms with van der Waals surface area (Å²) in [4.78, 5) is 0. The van der Waals surface area contributed by atoms with Gasteiger partial charge in [-0.1, -0.05) is 21.9 Å². The van der Waals surface area contributed by atoms with Crippen LogP contribution < -0.4 is 10.6 Å². The molecule has 0 aliphatic heterocycles. The quantitative estimate of drug-likeness (QED) is 0.485. The van der Waals surface area contributed by atoms with Crippen molar-refractivity contribution in [3.05, 3.63) is 52.8 Å². The molecule has 118 valence electrons. The van der Waals surface area contributed by atoms with Crippen LogP contribution in [-0.4, -0.2) is 21.3 Å². The fourth-order valence-electron chi connectivity index (χ4n) is 1.77. The summed E-state index contributed by atoms with van der Waals surface area (Å²) >= 11 is 5.70. The fourth-order valence-corrected chi connectivity index (χ4v) is 1.95. The molecule has 0 aliphatic rings. The molecule has 8 nitrogen and oxygen atoms in total. The van der Waals surface area contributed by atoms with Crippen LogP contribution in [0, 0.1) is 11.2 Å². The topological polar surface area (TPSA) is 113 Å². The first-order chi connectivity index (χ1) is 11.1. The second kappa shape index (κ2) is 6.44. The van der Waals surface area contributed by atoms with E-state index in [4.69, 9.17) is 21.5 Å². The molecule has 0 spiro atoms. The molecule has 0 radical (unpaired) electrons. The van der Waals surface area contributed by atoms with E-state index < -0.39 is 5.82 Å². The molecule has 2 aromatic heterocycles. The third-order valence-electron chi connectivity index (χ3n) is 2.86. The Balaban J connectivity index is 1.70. The zero-order valence-corrected chi connectivity index (χ0v) is 12.3. The van der Waals surface area contributed by atoms with Crippen LogP contribution >= 0.6 is 11.6 Å². The number of anilines is 2. The normalized spacial score (nSPS) is 10.5. The minimum absolute atomic E-state index is 0.0472. The highest BCUT2D eigenvalue weighted by atomic mass is 35.5. The van der Waals surface area contributed by atoms with Crippen molar-refractivity contribution in [2.75, 3.05) is 10.6 Å². The van der Waals surface area contributed by atoms with Gasteiger partial charge in [-0.15, -0.1) is 0 Å². The average Bonchev–Trinajstić information content (AvgIpc) is 3.19. The molecule has 3 rings (SSSR count). The highest BCUT2D eigenvalue weighted by molar-refractivity contribution is 6.31. The Morgan fingerprint density at radius 1 is 1.26 bits per heavy atom. The second-order valence-electron chi connectivity index (χ2n) is 4.43. The van der Waals surface area contributed by atoms with Crippen molar-refractivity contribution in [1.82, 2.24) is 15.5 Å². The SMILES string of the molecule is N=C(Nc1ccc(F)c(Cl)c1)c1nonc1CNc1ccon1. The molecule has 3 N–H and O–H groups in total. The predicted octanol–water partition coefficient (Wildman–Crippen LogP) is 2.90. The first kappa shape index (κ1) is 15.0. The number of nitrogens with zero attached hydrogens (tertiary/aromatic N) is 3. The van der Waals surface area contributed by atoms with Gasteiger partial charge in [-0.05, 0) is 23.4 Å². The largest absolute Gasteiger partial charge is 0.363 e. The van der Waals surface area contributed by atoms with E-state index in [2.05, 4.69) is 30.7 Å². The Morgan fingerprint density at radius 3 is 2.87 bits per heavy atom. The molecule has 0 saturated carbocycles. The molecule has 23 heavy (non-hydrogen) atoms. The van der Waals surface area contributed by atoms with Crippen molar-refractivity contribution in [1.29, 1.82) is 5.41 Å². The van der Waals surface area contributed by atoms with Gasteiger partial charge in [0.15, 0.2) is 17.3 Å². The van der Waals surface area contributed by atoms with E-state index in [9.17, 15) is 4.39 Å². The zero-order chi connectivity index (χ0) is 16.2. The van der Waals surface area contributed by atoms with Crippen LogP contribution in [0.2, 0.25) is 5.02 Å². The van der Waals surface area contributed by atoms with Crippen LogP contribution in [0.1, 0.15) is 11.4 Å². The van der Waals surface area contributed by atoms with E-state index in [1.165, 1.54) is 24.5 Å². The molecule has 0 bridgehead atoms. The summed E-state index contributed by atoms with van der Waals surface area (Å²) in [6.45, 7) is 0.236. The molecule has 0 unspecified atom stereocenters. The first-order valence-corrected chi connectivity index (χ1v) is 6.78. The smallest absolute Gasteiger partial charge is 0.174 e. The first-order valence-electron chi connectivity index (χ1n) is 6.40. The zero-order valence-electron chi connectivity index (χ0n) is 11.5. The summed E-state index contributed by atoms with van der Waals surface area (Å²) in [7, 11) is 0. The van der Waals surface area contributed by atoms with E-state index in [0.717, 1.165) is 0 Å². The van der Waals surface area contributed by atoms with Gasteiger partial charge in [-0.3, -0.25) is 5.41 Å². The van der Waals surface area contributed by atoms with Crippen molar-refractivity contribution < 1.29 is 13.5 Å². The Kier molecular flexibility index (Phi) is 4.20. The van der Waals surface area contributed by atoms with Gasteiger partial charge in [0, 0.05) is 11.8 Å². The number of rotatable bonds is 5. The third-order valence-corrected chi connectivity index (χ3v) is 3.15. The summed E-state index contributed by atoms with van der Waals surface area (Å²) in [5.41, 5.74) is 1.06. The number of hydrogen-bond acceptors (Lipinski definition) is 7. The van der Waals surface area contributed by atoms with Crippen molar-refractivity contribution in [3.63, 3.8) is 0 Å². The van der Waals surface area contributed by atoms with Crippen LogP contribution in [0.5, 0.6) is 0 Å². The number of hydrogen-bond donors (Lipinski definition) is 3. The molecule has 2 heterocycles. The highest BCUT2D eigenvalue weighted by Gasteiger charge is 2.16. The van der Waals surface area contributed by atoms with E-state index >= 15 is 0 Å². The van der Waals surface area contributed by atoms with Gasteiger partial charge in [0.25, 0.3) is 0 Å². The lowest BCUT2D eigenvalue weighted by molar-refractivity contribution is 0.303. The van der Waals surface area contributed by atoms with Gasteiger partial charge in [-0.25, -0.2) is 9.02 Å². The van der Waals surface area contributed by atoms with Gasteiger partial charge in [0.2, 0.25) is 0 Å². The van der Waals surface area contributed by atoms with E-state index in [1.54, 1.807) is 6.07 Å². The Labute approximate surface area is 134 Å². The summed E-state index contributed by atoms with van der Waals surface area (Å²) < 4.78 is 22.5. The monoisotopic (exact) mass is 336 g/mol. The standard InChI is InChI=1S/C13H10ClFN6O2/c14-8-5-7(1-2-9(8)15)18-13(16)12-10(19-23-21-12)6-17-11-3-4-22-20-11/h1-5H,6H2,(H2,16,18)(H,17,20). The van der Waals surface area contributed by atoms with E-state index in [0.29, 0.717) is 17.2 Å². The average molecular weight is 337 g/mol. The number of amidine groups is 1. The molecule has 3 aromatic rings. The Bertz CT molecular complexity index is 820. The Hall–Kier alpha value is -2.94. The van der Waals surface area contributed by atoms with Crippen molar-refractivity contribution >= 4 is 28.9 Å². The van der Waals surface area contributed by atoms with E-state index in [1.807, 2.05) is 0 Å². The molecule has 0 saturated heterocycles. The molecule has 10 heteroatoms. The van der Waals surface area contributed by atoms with Crippen LogP contribution in [0.25, 0.3) is 0 Å². The van der Waals surface area contributed by atoms with Gasteiger partial charge in [0.1, 0.15) is 17.8 Å². The predicted molar refractivity (Wildman–Crippen MR) is 80.0 cm³/mol. The summed E-state index contributed by atoms with van der Waals surface area (Å²) in [6, 6.07) is 5.66. The molecule has 0 amide bonds. The molecular weight excluding hydrogens is 327 g/mol. The second-order valence-corrected chi connectivity index (χ2v) is 4.83. The maximum atomic E-state index is 13.1. The maximum Gasteiger partial charge on any atom is 0.174 e. The number of nitrogens with one attached hydrogen (secondary N) is 3. The highest BCUT2D eigenvalue weighted by Crippen LogP contribution is 2.20. The van der Waals surface area contributed by atoms with Crippen molar-refractivity contribution in [2.24, 2.45) is 0 Å². The lowest BCUT2D eigenvalue weighted by Gasteiger charge is -2.07. The molecule has 0 fully saturated rings. The number of halogens is 2. The van der Waals surface area contributed by atoms with Crippen LogP contribution in [0.3, 0.4) is 0 Å². The summed E-state index contributed by atoms with van der Waals surface area (Å²) in [5, 5.41) is 24.8. The molecule has 1 aromatic carbocycles. The lowest BCUT2D eigenvalue weighted by Crippen LogP contribution is -2.16. The van der Waals surface area contributed by atoms with Gasteiger partial charge in [-0.2, -0.15) is 0 Å². The van der Waals surface area contributed by atoms with Crippen molar-refractivity contribution in [3.8, 4) is 0 Å². The van der Waals surface area contributed by atoms with Crippen LogP contribution in [0.15, 0.2) is 39.7 Å². The number of benzene rings is 1. The molecule has 0 atom stereocenters. The summed E-state index contributed by atoms with van der Waals surface area (Å²) in [6.07, 6.45) is 1.42. The van der Waals surface area contributed by atoms with E-state index in [-0.39, 0.29) is 23.1 Å². The summed E-state index contributed by atoms with van der Waals surface area (Å²) in [5.74, 6) is -0.0843. The van der Waals surface area contributed by atoms with Crippen LogP contribution in [-0.2, 0) is 6.54 Å². The van der Waals surface area contributed by atoms with Crippen molar-refractivity contribution in [2.45, 2.75) is 6.54 Å². The van der Waals surface area contributed by atoms with Gasteiger partial charge >= 0.3 is 0 Å². The molecule has 0 aliphatic carbocycles. The van der Waals surface area contributed by atoms with Crippen LogP contribution in [0.4, 0.5) is 15.9 Å². The minimum Gasteiger partial charge on any atom is -0.363 e. The number of aromatic nitrogens is 3. The van der Waals surface area contributed by atoms with Gasteiger partial charge in [0.05, 0.1) is 11.6 Å². The maximum absolute atomic E-state index is 13.1. The lowest BCUT2D eigenvalue weighted by atomic mass is 10.2. The third kappa shape index (κ3) is 3.46. The molecular formula is C13H10ClFN6O2. The van der Waals surface area contributed by atoms with Gasteiger partial charge < -0.3 is 15.2 Å². The minimum atomic E-state index is -0.538. The Morgan fingerprint density at radius 2 is 2.13 bits per heavy atom.